The van der Waals surface area contributed by atoms with Crippen molar-refractivity contribution in [2.45, 2.75) is 83.0 Å². The van der Waals surface area contributed by atoms with Crippen LogP contribution in [0.2, 0.25) is 0 Å². The molecule has 5 nitrogen and oxygen atoms in total. The number of rotatable bonds is 7. The average Bonchev–Trinajstić information content (AvgIpc) is 3.06. The Hall–Kier alpha value is -1.88. The van der Waals surface area contributed by atoms with E-state index in [-0.39, 0.29) is 24.0 Å². The zero-order chi connectivity index (χ0) is 19.4. The molecule has 3 unspecified atom stereocenters. The number of likely N-dealkylation sites (tertiary alicyclic amines) is 1. The fourth-order valence-electron chi connectivity index (χ4n) is 4.83. The molecule has 5 heteroatoms. The summed E-state index contributed by atoms with van der Waals surface area (Å²) in [6.07, 6.45) is 6.75. The van der Waals surface area contributed by atoms with E-state index >= 15 is 0 Å². The number of amides is 1. The molecule has 0 aromatic heterocycles. The van der Waals surface area contributed by atoms with Crippen molar-refractivity contribution in [1.82, 2.24) is 10.2 Å². The molecule has 5 atom stereocenters. The lowest BCUT2D eigenvalue weighted by Gasteiger charge is -2.35. The highest BCUT2D eigenvalue weighted by Gasteiger charge is 2.48. The van der Waals surface area contributed by atoms with Crippen molar-refractivity contribution >= 4 is 11.9 Å². The molecule has 2 fully saturated rings. The van der Waals surface area contributed by atoms with Crippen LogP contribution in [0.5, 0.6) is 0 Å². The third-order valence-electron chi connectivity index (χ3n) is 6.24. The van der Waals surface area contributed by atoms with Gasteiger partial charge in [0.1, 0.15) is 6.04 Å². The van der Waals surface area contributed by atoms with Crippen LogP contribution in [-0.4, -0.2) is 46.1 Å². The maximum Gasteiger partial charge on any atom is 0.326 e. The summed E-state index contributed by atoms with van der Waals surface area (Å²) in [5, 5.41) is 13.0. The number of fused-ring (bicyclic) bond motifs is 1. The molecular weight excluding hydrogens is 340 g/mol. The molecule has 0 spiro atoms. The van der Waals surface area contributed by atoms with E-state index in [1.165, 1.54) is 5.56 Å². The lowest BCUT2D eigenvalue weighted by Crippen LogP contribution is -2.54. The van der Waals surface area contributed by atoms with Gasteiger partial charge in [-0.3, -0.25) is 4.79 Å². The second-order valence-electron chi connectivity index (χ2n) is 8.26. The lowest BCUT2D eigenvalue weighted by molar-refractivity contribution is -0.150. The summed E-state index contributed by atoms with van der Waals surface area (Å²) < 4.78 is 0. The van der Waals surface area contributed by atoms with Gasteiger partial charge in [-0.15, -0.1) is 0 Å². The van der Waals surface area contributed by atoms with E-state index < -0.39 is 12.0 Å². The third-order valence-corrected chi connectivity index (χ3v) is 6.24. The minimum absolute atomic E-state index is 0.0524. The molecule has 1 aliphatic heterocycles. The Labute approximate surface area is 162 Å². The van der Waals surface area contributed by atoms with Gasteiger partial charge < -0.3 is 15.3 Å². The van der Waals surface area contributed by atoms with E-state index in [4.69, 9.17) is 0 Å². The normalized spacial score (nSPS) is 27.0. The molecule has 2 N–H and O–H groups in total. The Bertz CT molecular complexity index is 648. The summed E-state index contributed by atoms with van der Waals surface area (Å²) in [7, 11) is 0. The third kappa shape index (κ3) is 4.70. The Morgan fingerprint density at radius 2 is 1.89 bits per heavy atom. The van der Waals surface area contributed by atoms with Gasteiger partial charge in [-0.05, 0) is 57.4 Å². The number of carboxylic acid groups (broad SMARTS) is 1. The summed E-state index contributed by atoms with van der Waals surface area (Å²) in [6, 6.07) is 9.61. The van der Waals surface area contributed by atoms with E-state index in [1.54, 1.807) is 4.90 Å². The van der Waals surface area contributed by atoms with Crippen molar-refractivity contribution < 1.29 is 14.7 Å². The Morgan fingerprint density at radius 1 is 1.19 bits per heavy atom. The maximum absolute atomic E-state index is 13.1. The van der Waals surface area contributed by atoms with E-state index in [2.05, 4.69) is 24.4 Å². The SMILES string of the molecule is CC(N[C@H](C)CCc1ccccc1)C(=O)N1C2CCCCC2C[C@H]1C(=O)O. The van der Waals surface area contributed by atoms with E-state index in [9.17, 15) is 14.7 Å². The standard InChI is InChI=1S/C22H32N2O3/c1-15(12-13-17-8-4-3-5-9-17)23-16(2)21(25)24-19-11-7-6-10-18(19)14-20(24)22(26)27/h3-5,8-9,15-16,18-20,23H,6-7,10-14H2,1-2H3,(H,26,27)/t15-,16?,18?,19?,20+/m1/s1. The van der Waals surface area contributed by atoms with Crippen LogP contribution in [0.3, 0.4) is 0 Å². The summed E-state index contributed by atoms with van der Waals surface area (Å²) >= 11 is 0. The molecule has 3 rings (SSSR count). The molecule has 1 heterocycles. The highest BCUT2D eigenvalue weighted by atomic mass is 16.4. The van der Waals surface area contributed by atoms with Gasteiger partial charge in [-0.2, -0.15) is 0 Å². The molecule has 1 amide bonds. The van der Waals surface area contributed by atoms with Crippen LogP contribution >= 0.6 is 0 Å². The number of benzene rings is 1. The first-order valence-electron chi connectivity index (χ1n) is 10.3. The number of nitrogens with zero attached hydrogens (tertiary/aromatic N) is 1. The van der Waals surface area contributed by atoms with Gasteiger partial charge in [0.15, 0.2) is 0 Å². The molecule has 1 aromatic carbocycles. The predicted molar refractivity (Wildman–Crippen MR) is 105 cm³/mol. The van der Waals surface area contributed by atoms with Gasteiger partial charge in [0.2, 0.25) is 5.91 Å². The second kappa shape index (κ2) is 8.87. The summed E-state index contributed by atoms with van der Waals surface area (Å²) in [6.45, 7) is 3.96. The Morgan fingerprint density at radius 3 is 2.59 bits per heavy atom. The van der Waals surface area contributed by atoms with Crippen LogP contribution < -0.4 is 5.32 Å². The zero-order valence-electron chi connectivity index (χ0n) is 16.4. The smallest absolute Gasteiger partial charge is 0.326 e. The van der Waals surface area contributed by atoms with Gasteiger partial charge >= 0.3 is 5.97 Å². The quantitative estimate of drug-likeness (QED) is 0.771. The lowest BCUT2D eigenvalue weighted by atomic mass is 9.84. The first-order valence-corrected chi connectivity index (χ1v) is 10.3. The molecular formula is C22H32N2O3. The minimum Gasteiger partial charge on any atom is -0.480 e. The summed E-state index contributed by atoms with van der Waals surface area (Å²) in [5.41, 5.74) is 1.29. The number of aryl methyl sites for hydroxylation is 1. The fraction of sp³-hybridized carbons (Fsp3) is 0.636. The minimum atomic E-state index is -0.859. The first-order chi connectivity index (χ1) is 13.0. The monoisotopic (exact) mass is 372 g/mol. The number of carbonyl (C=O) groups is 2. The van der Waals surface area contributed by atoms with Crippen LogP contribution in [-0.2, 0) is 16.0 Å². The van der Waals surface area contributed by atoms with Crippen molar-refractivity contribution in [3.8, 4) is 0 Å². The van der Waals surface area contributed by atoms with E-state index in [1.807, 2.05) is 25.1 Å². The molecule has 148 valence electrons. The highest BCUT2D eigenvalue weighted by Crippen LogP contribution is 2.40. The van der Waals surface area contributed by atoms with Gasteiger partial charge in [-0.1, -0.05) is 43.2 Å². The van der Waals surface area contributed by atoms with Crippen LogP contribution in [0.4, 0.5) is 0 Å². The number of nitrogens with one attached hydrogen (secondary N) is 1. The molecule has 1 saturated heterocycles. The van der Waals surface area contributed by atoms with Crippen molar-refractivity contribution in [3.63, 3.8) is 0 Å². The van der Waals surface area contributed by atoms with Crippen molar-refractivity contribution in [2.24, 2.45) is 5.92 Å². The van der Waals surface area contributed by atoms with Crippen molar-refractivity contribution in [1.29, 1.82) is 0 Å². The molecule has 0 bridgehead atoms. The number of carbonyl (C=O) groups excluding carboxylic acids is 1. The molecule has 27 heavy (non-hydrogen) atoms. The zero-order valence-corrected chi connectivity index (χ0v) is 16.4. The van der Waals surface area contributed by atoms with E-state index in [0.29, 0.717) is 12.3 Å². The molecule has 0 radical (unpaired) electrons. The average molecular weight is 373 g/mol. The topological polar surface area (TPSA) is 69.6 Å². The van der Waals surface area contributed by atoms with Crippen LogP contribution in [0, 0.1) is 5.92 Å². The van der Waals surface area contributed by atoms with Gasteiger partial charge in [0, 0.05) is 12.1 Å². The second-order valence-corrected chi connectivity index (χ2v) is 8.26. The predicted octanol–water partition coefficient (Wildman–Crippen LogP) is 3.23. The van der Waals surface area contributed by atoms with E-state index in [0.717, 1.165) is 38.5 Å². The maximum atomic E-state index is 13.1. The molecule has 1 saturated carbocycles. The molecule has 2 aliphatic rings. The van der Waals surface area contributed by atoms with Crippen molar-refractivity contribution in [3.05, 3.63) is 35.9 Å². The largest absolute Gasteiger partial charge is 0.480 e. The summed E-state index contributed by atoms with van der Waals surface area (Å²) in [5.74, 6) is -0.558. The summed E-state index contributed by atoms with van der Waals surface area (Å²) in [4.78, 5) is 26.6. The van der Waals surface area contributed by atoms with Gasteiger partial charge in [0.25, 0.3) is 0 Å². The first kappa shape index (κ1) is 19.9. The fourth-order valence-corrected chi connectivity index (χ4v) is 4.83. The number of hydrogen-bond donors (Lipinski definition) is 2. The number of aliphatic carboxylic acids is 1. The van der Waals surface area contributed by atoms with Crippen LogP contribution in [0.15, 0.2) is 30.3 Å². The molecule has 1 aliphatic carbocycles. The highest BCUT2D eigenvalue weighted by molar-refractivity contribution is 5.87. The molecule has 1 aromatic rings. The van der Waals surface area contributed by atoms with Crippen molar-refractivity contribution in [2.75, 3.05) is 0 Å². The van der Waals surface area contributed by atoms with Crippen LogP contribution in [0.25, 0.3) is 0 Å². The Balaban J connectivity index is 1.58. The number of carboxylic acids is 1. The van der Waals surface area contributed by atoms with Gasteiger partial charge in [0.05, 0.1) is 6.04 Å². The van der Waals surface area contributed by atoms with Crippen LogP contribution in [0.1, 0.15) is 57.9 Å². The number of hydrogen-bond acceptors (Lipinski definition) is 3. The Kier molecular flexibility index (Phi) is 6.53. The van der Waals surface area contributed by atoms with Gasteiger partial charge in [-0.25, -0.2) is 4.79 Å².